The van der Waals surface area contributed by atoms with E-state index in [1.54, 1.807) is 18.5 Å². The van der Waals surface area contributed by atoms with Gasteiger partial charge in [-0.3, -0.25) is 15.1 Å². The minimum atomic E-state index is -3.03. The number of nitrogens with zero attached hydrogens (tertiary/aromatic N) is 4. The summed E-state index contributed by atoms with van der Waals surface area (Å²) in [6, 6.07) is 6.94. The highest BCUT2D eigenvalue weighted by Crippen LogP contribution is 2.29. The third-order valence-electron chi connectivity index (χ3n) is 6.00. The minimum Gasteiger partial charge on any atom is -0.353 e. The number of likely N-dealkylation sites (tertiary alicyclic amines) is 1. The number of aromatic amines is 1. The van der Waals surface area contributed by atoms with Gasteiger partial charge in [0.2, 0.25) is 0 Å². The fourth-order valence-electron chi connectivity index (χ4n) is 4.08. The Hall–Kier alpha value is -3.59. The van der Waals surface area contributed by atoms with Crippen molar-refractivity contribution in [3.8, 4) is 0 Å². The van der Waals surface area contributed by atoms with Gasteiger partial charge >= 0.3 is 0 Å². The van der Waals surface area contributed by atoms with Crippen LogP contribution in [0.3, 0.4) is 0 Å². The lowest BCUT2D eigenvalue weighted by Crippen LogP contribution is -2.20. The van der Waals surface area contributed by atoms with Crippen molar-refractivity contribution in [2.75, 3.05) is 30.3 Å². The van der Waals surface area contributed by atoms with Crippen LogP contribution in [0.2, 0.25) is 0 Å². The van der Waals surface area contributed by atoms with Gasteiger partial charge in [0.05, 0.1) is 23.3 Å². The maximum absolute atomic E-state index is 13.6. The number of alkyl halides is 2. The van der Waals surface area contributed by atoms with E-state index in [9.17, 15) is 8.78 Å². The first kappa shape index (κ1) is 24.5. The van der Waals surface area contributed by atoms with Crippen LogP contribution in [-0.2, 0) is 12.3 Å². The first-order valence-corrected chi connectivity index (χ1v) is 11.8. The second-order valence-corrected chi connectivity index (χ2v) is 8.86. The van der Waals surface area contributed by atoms with Gasteiger partial charge in [-0.25, -0.2) is 0 Å². The molecule has 0 spiro atoms. The molecular weight excluding hydrogens is 448 g/mol. The average Bonchev–Trinajstić information content (AvgIpc) is 3.52. The van der Waals surface area contributed by atoms with Gasteiger partial charge in [-0.05, 0) is 69.6 Å². The molecule has 4 rings (SSSR count). The van der Waals surface area contributed by atoms with Crippen LogP contribution in [-0.4, -0.2) is 44.7 Å². The number of rotatable bonds is 11. The summed E-state index contributed by atoms with van der Waals surface area (Å²) >= 11 is 0. The minimum absolute atomic E-state index is 0.316. The molecule has 9 heteroatoms. The molecule has 0 saturated carbocycles. The Labute approximate surface area is 204 Å². The zero-order valence-corrected chi connectivity index (χ0v) is 20.0. The maximum Gasteiger partial charge on any atom is 0.286 e. The summed E-state index contributed by atoms with van der Waals surface area (Å²) in [4.78, 5) is 10.8. The van der Waals surface area contributed by atoms with Crippen LogP contribution < -0.4 is 10.6 Å². The molecule has 0 aromatic carbocycles. The first-order valence-electron chi connectivity index (χ1n) is 11.8. The molecule has 35 heavy (non-hydrogen) atoms. The maximum atomic E-state index is 13.6. The Morgan fingerprint density at radius 2 is 1.91 bits per heavy atom. The predicted molar refractivity (Wildman–Crippen MR) is 136 cm³/mol. The van der Waals surface area contributed by atoms with Gasteiger partial charge in [0.25, 0.3) is 5.92 Å². The molecule has 0 atom stereocenters. The van der Waals surface area contributed by atoms with Gasteiger partial charge in [0, 0.05) is 36.3 Å². The van der Waals surface area contributed by atoms with Crippen LogP contribution in [0.15, 0.2) is 56.0 Å². The van der Waals surface area contributed by atoms with Crippen molar-refractivity contribution in [3.05, 3.63) is 78.7 Å². The smallest absolute Gasteiger partial charge is 0.286 e. The number of anilines is 2. The molecule has 0 unspecified atom stereocenters. The van der Waals surface area contributed by atoms with Crippen molar-refractivity contribution in [1.29, 1.82) is 0 Å². The van der Waals surface area contributed by atoms with Gasteiger partial charge in [-0.1, -0.05) is 13.2 Å². The highest BCUT2D eigenvalue weighted by atomic mass is 19.3. The first-order chi connectivity index (χ1) is 16.8. The molecule has 0 radical (unpaired) electrons. The van der Waals surface area contributed by atoms with Crippen molar-refractivity contribution in [3.63, 3.8) is 0 Å². The molecule has 1 aliphatic heterocycles. The summed E-state index contributed by atoms with van der Waals surface area (Å²) < 4.78 is 27.3. The number of hydrogen-bond acceptors (Lipinski definition) is 6. The lowest BCUT2D eigenvalue weighted by Gasteiger charge is -2.15. The van der Waals surface area contributed by atoms with Crippen molar-refractivity contribution in [2.24, 2.45) is 0 Å². The van der Waals surface area contributed by atoms with E-state index >= 15 is 0 Å². The van der Waals surface area contributed by atoms with E-state index < -0.39 is 5.92 Å². The van der Waals surface area contributed by atoms with E-state index in [4.69, 9.17) is 0 Å². The fraction of sp³-hybridized carbons (Fsp3) is 0.346. The van der Waals surface area contributed by atoms with Crippen LogP contribution >= 0.6 is 0 Å². The van der Waals surface area contributed by atoms with Gasteiger partial charge in [-0.2, -0.15) is 13.9 Å². The van der Waals surface area contributed by atoms with Crippen molar-refractivity contribution >= 4 is 22.8 Å². The Morgan fingerprint density at radius 1 is 1.11 bits per heavy atom. The third-order valence-corrected chi connectivity index (χ3v) is 6.00. The number of nitrogens with one attached hydrogen (secondary N) is 3. The Kier molecular flexibility index (Phi) is 7.55. The molecule has 3 aromatic rings. The Balaban J connectivity index is 1.34. The standard InChI is InChI=1S/C26H31F2N7/c1-18(20-10-11-29-24(15-20)26(3,27)28)33-23-17-31-34-25(23)19(2)32-22-9-8-21(30-16-22)7-6-14-35-12-4-5-13-35/h8-11,15-17,32-33H,1-2,4-7,12-14H2,3H3,(H,31,34). The molecule has 4 heterocycles. The number of aromatic nitrogens is 4. The highest BCUT2D eigenvalue weighted by molar-refractivity contribution is 5.84. The molecule has 0 aliphatic carbocycles. The van der Waals surface area contributed by atoms with E-state index in [-0.39, 0.29) is 5.69 Å². The fourth-order valence-corrected chi connectivity index (χ4v) is 4.08. The van der Waals surface area contributed by atoms with Crippen molar-refractivity contribution < 1.29 is 8.78 Å². The topological polar surface area (TPSA) is 81.8 Å². The summed E-state index contributed by atoms with van der Waals surface area (Å²) in [6.45, 7) is 12.4. The van der Waals surface area contributed by atoms with Gasteiger partial charge in [0.1, 0.15) is 11.4 Å². The summed E-state index contributed by atoms with van der Waals surface area (Å²) in [6.07, 6.45) is 9.47. The van der Waals surface area contributed by atoms with Crippen LogP contribution in [0.1, 0.15) is 48.8 Å². The highest BCUT2D eigenvalue weighted by Gasteiger charge is 2.26. The molecule has 3 N–H and O–H groups in total. The quantitative estimate of drug-likeness (QED) is 0.337. The van der Waals surface area contributed by atoms with Crippen molar-refractivity contribution in [2.45, 2.75) is 38.5 Å². The molecule has 1 aliphatic rings. The zero-order chi connectivity index (χ0) is 24.8. The van der Waals surface area contributed by atoms with E-state index in [1.165, 1.54) is 38.2 Å². The second kappa shape index (κ2) is 10.8. The monoisotopic (exact) mass is 479 g/mol. The van der Waals surface area contributed by atoms with Crippen LogP contribution in [0.4, 0.5) is 20.2 Å². The zero-order valence-electron chi connectivity index (χ0n) is 20.0. The SMILES string of the molecule is C=C(Nc1c[nH]nc1C(=C)Nc1ccc(CCCN2CCCC2)nc1)c1ccnc(C(C)(F)F)c1. The summed E-state index contributed by atoms with van der Waals surface area (Å²) in [5.41, 5.74) is 4.21. The molecule has 1 saturated heterocycles. The molecule has 0 bridgehead atoms. The van der Waals surface area contributed by atoms with Crippen molar-refractivity contribution in [1.82, 2.24) is 25.1 Å². The van der Waals surface area contributed by atoms with E-state index in [1.807, 2.05) is 12.1 Å². The number of pyridine rings is 2. The molecule has 7 nitrogen and oxygen atoms in total. The lowest BCUT2D eigenvalue weighted by molar-refractivity contribution is 0.0127. The number of hydrogen-bond donors (Lipinski definition) is 3. The van der Waals surface area contributed by atoms with Gasteiger partial charge in [-0.15, -0.1) is 0 Å². The Bertz CT molecular complexity index is 1160. The summed E-state index contributed by atoms with van der Waals surface area (Å²) in [5.74, 6) is -3.03. The van der Waals surface area contributed by atoms with Crippen LogP contribution in [0.25, 0.3) is 11.4 Å². The predicted octanol–water partition coefficient (Wildman–Crippen LogP) is 5.51. The third kappa shape index (κ3) is 6.51. The largest absolute Gasteiger partial charge is 0.353 e. The average molecular weight is 480 g/mol. The van der Waals surface area contributed by atoms with Crippen LogP contribution in [0, 0.1) is 0 Å². The van der Waals surface area contributed by atoms with E-state index in [0.717, 1.165) is 37.7 Å². The summed E-state index contributed by atoms with van der Waals surface area (Å²) in [5, 5.41) is 13.4. The lowest BCUT2D eigenvalue weighted by atomic mass is 10.1. The molecule has 184 valence electrons. The summed E-state index contributed by atoms with van der Waals surface area (Å²) in [7, 11) is 0. The number of H-pyrrole nitrogens is 1. The second-order valence-electron chi connectivity index (χ2n) is 8.86. The Morgan fingerprint density at radius 3 is 2.63 bits per heavy atom. The molecule has 1 fully saturated rings. The molecule has 3 aromatic heterocycles. The van der Waals surface area contributed by atoms with E-state index in [2.05, 4.69) is 48.9 Å². The number of aryl methyl sites for hydroxylation is 1. The van der Waals surface area contributed by atoms with Gasteiger partial charge < -0.3 is 15.5 Å². The van der Waals surface area contributed by atoms with Crippen LogP contribution in [0.5, 0.6) is 0 Å². The normalized spacial score (nSPS) is 14.1. The van der Waals surface area contributed by atoms with E-state index in [0.29, 0.717) is 28.3 Å². The van der Waals surface area contributed by atoms with Gasteiger partial charge in [0.15, 0.2) is 0 Å². The molecule has 0 amide bonds. The number of halogens is 2. The molecular formula is C26H31F2N7.